The van der Waals surface area contributed by atoms with Crippen molar-refractivity contribution in [2.45, 2.75) is 25.8 Å². The molecule has 0 aliphatic carbocycles. The summed E-state index contributed by atoms with van der Waals surface area (Å²) in [6.07, 6.45) is 1.60. The maximum absolute atomic E-state index is 12.3. The third-order valence-electron chi connectivity index (χ3n) is 3.65. The third kappa shape index (κ3) is 5.00. The Balaban J connectivity index is 0.00000242. The van der Waals surface area contributed by atoms with E-state index in [4.69, 9.17) is 4.74 Å². The van der Waals surface area contributed by atoms with Crippen molar-refractivity contribution < 1.29 is 14.3 Å². The Labute approximate surface area is 137 Å². The molecule has 0 saturated carbocycles. The van der Waals surface area contributed by atoms with Gasteiger partial charge in [-0.15, -0.1) is 12.4 Å². The van der Waals surface area contributed by atoms with Gasteiger partial charge in [0.05, 0.1) is 6.61 Å². The predicted octanol–water partition coefficient (Wildman–Crippen LogP) is 1.83. The number of halogens is 1. The Kier molecular flexibility index (Phi) is 7.91. The predicted molar refractivity (Wildman–Crippen MR) is 86.8 cm³/mol. The molecular weight excluding hydrogens is 304 g/mol. The van der Waals surface area contributed by atoms with E-state index in [9.17, 15) is 9.59 Å². The largest absolute Gasteiger partial charge is 0.464 e. The second kappa shape index (κ2) is 9.43. The fourth-order valence-electron chi connectivity index (χ4n) is 2.49. The number of esters is 1. The van der Waals surface area contributed by atoms with E-state index in [1.165, 1.54) is 0 Å². The van der Waals surface area contributed by atoms with Crippen molar-refractivity contribution in [2.75, 3.05) is 19.7 Å². The minimum Gasteiger partial charge on any atom is -0.464 e. The number of rotatable bonds is 5. The summed E-state index contributed by atoms with van der Waals surface area (Å²) < 4.78 is 5.08. The van der Waals surface area contributed by atoms with E-state index in [0.717, 1.165) is 31.5 Å². The summed E-state index contributed by atoms with van der Waals surface area (Å²) in [5.41, 5.74) is 0.748. The van der Waals surface area contributed by atoms with Gasteiger partial charge in [-0.25, -0.2) is 4.79 Å². The molecule has 0 aromatic heterocycles. The quantitative estimate of drug-likeness (QED) is 0.810. The number of carbonyl (C=O) groups is 2. The first-order chi connectivity index (χ1) is 10.2. The molecule has 1 saturated heterocycles. The molecule has 1 aliphatic heterocycles. The summed E-state index contributed by atoms with van der Waals surface area (Å²) >= 11 is 0. The zero-order valence-electron chi connectivity index (χ0n) is 12.7. The maximum Gasteiger partial charge on any atom is 0.333 e. The van der Waals surface area contributed by atoms with E-state index in [1.807, 2.05) is 30.3 Å². The van der Waals surface area contributed by atoms with Crippen molar-refractivity contribution in [3.8, 4) is 0 Å². The monoisotopic (exact) mass is 326 g/mol. The summed E-state index contributed by atoms with van der Waals surface area (Å²) in [7, 11) is 0. The van der Waals surface area contributed by atoms with Gasteiger partial charge in [-0.1, -0.05) is 30.3 Å². The highest BCUT2D eigenvalue weighted by Gasteiger charge is 2.28. The van der Waals surface area contributed by atoms with Gasteiger partial charge < -0.3 is 15.4 Å². The second-order valence-electron chi connectivity index (χ2n) is 5.13. The summed E-state index contributed by atoms with van der Waals surface area (Å²) in [5.74, 6) is -0.517. The topological polar surface area (TPSA) is 67.4 Å². The number of benzene rings is 1. The molecule has 22 heavy (non-hydrogen) atoms. The molecule has 1 aliphatic rings. The van der Waals surface area contributed by atoms with Gasteiger partial charge in [0.15, 0.2) is 6.04 Å². The summed E-state index contributed by atoms with van der Waals surface area (Å²) in [5, 5.41) is 6.07. The highest BCUT2D eigenvalue weighted by Crippen LogP contribution is 2.18. The highest BCUT2D eigenvalue weighted by atomic mass is 35.5. The standard InChI is InChI=1S/C16H22N2O3.ClH/c1-2-21-16(20)14(12-6-4-3-5-7-12)18-15(19)13-8-10-17-11-9-13;/h3-7,13-14,17H,2,8-11H2,1H3,(H,18,19);1H/t14-;/m1./s1. The van der Waals surface area contributed by atoms with Crippen LogP contribution in [0, 0.1) is 5.92 Å². The molecule has 5 nitrogen and oxygen atoms in total. The molecule has 1 aromatic carbocycles. The van der Waals surface area contributed by atoms with Gasteiger partial charge in [-0.3, -0.25) is 4.79 Å². The average Bonchev–Trinajstić information content (AvgIpc) is 2.54. The number of hydrogen-bond donors (Lipinski definition) is 2. The molecule has 1 amide bonds. The van der Waals surface area contributed by atoms with Crippen molar-refractivity contribution in [2.24, 2.45) is 5.92 Å². The first-order valence-corrected chi connectivity index (χ1v) is 7.45. The van der Waals surface area contributed by atoms with Gasteiger partial charge >= 0.3 is 5.97 Å². The Bertz CT molecular complexity index is 476. The zero-order valence-corrected chi connectivity index (χ0v) is 13.5. The lowest BCUT2D eigenvalue weighted by Gasteiger charge is -2.24. The number of amides is 1. The van der Waals surface area contributed by atoms with E-state index >= 15 is 0 Å². The Morgan fingerprint density at radius 1 is 1.27 bits per heavy atom. The van der Waals surface area contributed by atoms with Crippen LogP contribution in [0.25, 0.3) is 0 Å². The molecule has 0 unspecified atom stereocenters. The Morgan fingerprint density at radius 3 is 2.50 bits per heavy atom. The van der Waals surface area contributed by atoms with Crippen molar-refractivity contribution in [1.29, 1.82) is 0 Å². The number of piperidine rings is 1. The fourth-order valence-corrected chi connectivity index (χ4v) is 2.49. The van der Waals surface area contributed by atoms with E-state index in [-0.39, 0.29) is 24.2 Å². The normalized spacial score (nSPS) is 16.2. The molecule has 0 spiro atoms. The molecule has 1 fully saturated rings. The van der Waals surface area contributed by atoms with Crippen LogP contribution >= 0.6 is 12.4 Å². The van der Waals surface area contributed by atoms with Crippen LogP contribution in [0.3, 0.4) is 0 Å². The maximum atomic E-state index is 12.3. The van der Waals surface area contributed by atoms with Gasteiger partial charge in [0.1, 0.15) is 0 Å². The molecule has 1 heterocycles. The third-order valence-corrected chi connectivity index (χ3v) is 3.65. The molecular formula is C16H23ClN2O3. The van der Waals surface area contributed by atoms with Gasteiger partial charge in [0.25, 0.3) is 0 Å². The second-order valence-corrected chi connectivity index (χ2v) is 5.13. The molecule has 1 atom stereocenters. The molecule has 0 bridgehead atoms. The molecule has 0 radical (unpaired) electrons. The van der Waals surface area contributed by atoms with E-state index in [0.29, 0.717) is 6.61 Å². The van der Waals surface area contributed by atoms with Crippen LogP contribution in [-0.4, -0.2) is 31.6 Å². The average molecular weight is 327 g/mol. The number of nitrogens with one attached hydrogen (secondary N) is 2. The van der Waals surface area contributed by atoms with Gasteiger partial charge in [0, 0.05) is 5.92 Å². The molecule has 2 N–H and O–H groups in total. The van der Waals surface area contributed by atoms with E-state index in [1.54, 1.807) is 6.92 Å². The van der Waals surface area contributed by atoms with Gasteiger partial charge in [-0.2, -0.15) is 0 Å². The summed E-state index contributed by atoms with van der Waals surface area (Å²) in [4.78, 5) is 24.5. The minimum absolute atomic E-state index is 0. The first kappa shape index (κ1) is 18.5. The summed E-state index contributed by atoms with van der Waals surface area (Å²) in [6, 6.07) is 8.49. The van der Waals surface area contributed by atoms with Crippen LogP contribution in [0.4, 0.5) is 0 Å². The van der Waals surface area contributed by atoms with E-state index < -0.39 is 12.0 Å². The van der Waals surface area contributed by atoms with Crippen molar-refractivity contribution in [3.05, 3.63) is 35.9 Å². The van der Waals surface area contributed by atoms with Crippen molar-refractivity contribution in [3.63, 3.8) is 0 Å². The fraction of sp³-hybridized carbons (Fsp3) is 0.500. The lowest BCUT2D eigenvalue weighted by atomic mass is 9.96. The molecule has 1 aromatic rings. The number of hydrogen-bond acceptors (Lipinski definition) is 4. The highest BCUT2D eigenvalue weighted by molar-refractivity contribution is 5.86. The van der Waals surface area contributed by atoms with Crippen molar-refractivity contribution in [1.82, 2.24) is 10.6 Å². The lowest BCUT2D eigenvalue weighted by molar-refractivity contribution is -0.148. The minimum atomic E-state index is -0.728. The van der Waals surface area contributed by atoms with Crippen LogP contribution in [0.5, 0.6) is 0 Å². The smallest absolute Gasteiger partial charge is 0.333 e. The zero-order chi connectivity index (χ0) is 15.1. The first-order valence-electron chi connectivity index (χ1n) is 7.45. The summed E-state index contributed by atoms with van der Waals surface area (Å²) in [6.45, 7) is 3.74. The lowest BCUT2D eigenvalue weighted by Crippen LogP contribution is -2.42. The van der Waals surface area contributed by atoms with Crippen molar-refractivity contribution >= 4 is 24.3 Å². The van der Waals surface area contributed by atoms with Crippen LogP contribution in [0.15, 0.2) is 30.3 Å². The molecule has 2 rings (SSSR count). The molecule has 6 heteroatoms. The van der Waals surface area contributed by atoms with E-state index in [2.05, 4.69) is 10.6 Å². The van der Waals surface area contributed by atoms with Crippen LogP contribution in [0.2, 0.25) is 0 Å². The van der Waals surface area contributed by atoms with Crippen LogP contribution < -0.4 is 10.6 Å². The number of ether oxygens (including phenoxy) is 1. The van der Waals surface area contributed by atoms with Crippen LogP contribution in [-0.2, 0) is 14.3 Å². The number of carbonyl (C=O) groups excluding carboxylic acids is 2. The Morgan fingerprint density at radius 2 is 1.91 bits per heavy atom. The SMILES string of the molecule is CCOC(=O)[C@H](NC(=O)C1CCNCC1)c1ccccc1.Cl. The van der Waals surface area contributed by atoms with Gasteiger partial charge in [-0.05, 0) is 38.4 Å². The van der Waals surface area contributed by atoms with Crippen LogP contribution in [0.1, 0.15) is 31.4 Å². The molecule has 122 valence electrons. The Hall–Kier alpha value is -1.59. The van der Waals surface area contributed by atoms with Gasteiger partial charge in [0.2, 0.25) is 5.91 Å².